The van der Waals surface area contributed by atoms with Crippen molar-refractivity contribution in [2.75, 3.05) is 14.2 Å². The number of carbonyl (C=O) groups is 1. The largest absolute Gasteiger partial charge is 0.493 e. The molecule has 0 heterocycles. The molecular weight excluding hydrogens is 393 g/mol. The van der Waals surface area contributed by atoms with Crippen LogP contribution in [-0.4, -0.2) is 26.2 Å². The third-order valence-electron chi connectivity index (χ3n) is 3.48. The third-order valence-corrected chi connectivity index (χ3v) is 3.97. The van der Waals surface area contributed by atoms with E-state index >= 15 is 0 Å². The van der Waals surface area contributed by atoms with Gasteiger partial charge in [-0.15, -0.1) is 0 Å². The number of benzene rings is 2. The molecule has 7 heteroatoms. The van der Waals surface area contributed by atoms with Crippen molar-refractivity contribution in [3.63, 3.8) is 0 Å². The summed E-state index contributed by atoms with van der Waals surface area (Å²) >= 11 is 3.17. The Hall–Kier alpha value is -2.28. The van der Waals surface area contributed by atoms with Crippen LogP contribution in [0.2, 0.25) is 0 Å². The maximum Gasteiger partial charge on any atom is 0.261 e. The fraction of sp³-hybridized carbons (Fsp3) is 0.278. The zero-order chi connectivity index (χ0) is 18.4. The minimum Gasteiger partial charge on any atom is -0.493 e. The van der Waals surface area contributed by atoms with Gasteiger partial charge in [-0.1, -0.05) is 22.0 Å². The van der Waals surface area contributed by atoms with Gasteiger partial charge in [-0.2, -0.15) is 0 Å². The van der Waals surface area contributed by atoms with Crippen LogP contribution in [0.3, 0.4) is 0 Å². The van der Waals surface area contributed by atoms with Crippen LogP contribution in [0, 0.1) is 5.82 Å². The molecule has 0 aromatic heterocycles. The first kappa shape index (κ1) is 19.1. The molecule has 0 saturated heterocycles. The third kappa shape index (κ3) is 5.09. The van der Waals surface area contributed by atoms with E-state index in [9.17, 15) is 9.18 Å². The molecule has 0 radical (unpaired) electrons. The Labute approximate surface area is 154 Å². The van der Waals surface area contributed by atoms with Crippen molar-refractivity contribution in [1.29, 1.82) is 0 Å². The lowest BCUT2D eigenvalue weighted by Gasteiger charge is -2.16. The van der Waals surface area contributed by atoms with Crippen LogP contribution < -0.4 is 19.5 Å². The number of amides is 1. The molecule has 0 spiro atoms. The van der Waals surface area contributed by atoms with Crippen LogP contribution in [0.15, 0.2) is 40.9 Å². The van der Waals surface area contributed by atoms with E-state index in [4.69, 9.17) is 14.2 Å². The summed E-state index contributed by atoms with van der Waals surface area (Å²) in [5, 5.41) is 2.75. The van der Waals surface area contributed by atoms with Gasteiger partial charge in [0.2, 0.25) is 0 Å². The normalized spacial score (nSPS) is 11.6. The zero-order valence-electron chi connectivity index (χ0n) is 14.1. The van der Waals surface area contributed by atoms with Crippen LogP contribution in [0.4, 0.5) is 4.39 Å². The quantitative estimate of drug-likeness (QED) is 0.754. The minimum absolute atomic E-state index is 0.0250. The summed E-state index contributed by atoms with van der Waals surface area (Å²) in [6.45, 7) is 1.85. The van der Waals surface area contributed by atoms with Gasteiger partial charge in [-0.05, 0) is 42.8 Å². The number of hydrogen-bond acceptors (Lipinski definition) is 4. The van der Waals surface area contributed by atoms with E-state index in [1.807, 2.05) is 6.07 Å². The van der Waals surface area contributed by atoms with Crippen LogP contribution in [0.5, 0.6) is 17.2 Å². The van der Waals surface area contributed by atoms with Crippen LogP contribution in [0.1, 0.15) is 12.5 Å². The van der Waals surface area contributed by atoms with Gasteiger partial charge in [0.25, 0.3) is 5.91 Å². The van der Waals surface area contributed by atoms with Crippen LogP contribution >= 0.6 is 15.9 Å². The number of carbonyl (C=O) groups excluding carboxylic acids is 1. The first-order valence-corrected chi connectivity index (χ1v) is 8.34. The summed E-state index contributed by atoms with van der Waals surface area (Å²) in [5.41, 5.74) is 0.841. The number of hydrogen-bond donors (Lipinski definition) is 1. The maximum atomic E-state index is 13.8. The zero-order valence-corrected chi connectivity index (χ0v) is 15.7. The van der Waals surface area contributed by atoms with Crippen molar-refractivity contribution in [2.45, 2.75) is 19.6 Å². The second kappa shape index (κ2) is 8.71. The molecule has 0 saturated carbocycles. The Bertz CT molecular complexity index is 754. The lowest BCUT2D eigenvalue weighted by Crippen LogP contribution is -2.36. The Balaban J connectivity index is 1.95. The number of methoxy groups -OCH3 is 2. The highest BCUT2D eigenvalue weighted by Gasteiger charge is 2.17. The number of halogens is 2. The molecule has 25 heavy (non-hydrogen) atoms. The van der Waals surface area contributed by atoms with E-state index in [0.29, 0.717) is 16.0 Å². The van der Waals surface area contributed by atoms with Gasteiger partial charge in [0.1, 0.15) is 0 Å². The van der Waals surface area contributed by atoms with Crippen molar-refractivity contribution in [3.05, 3.63) is 52.3 Å². The van der Waals surface area contributed by atoms with Gasteiger partial charge in [0.15, 0.2) is 29.2 Å². The molecule has 1 atom stereocenters. The van der Waals surface area contributed by atoms with Crippen molar-refractivity contribution in [2.24, 2.45) is 0 Å². The molecule has 1 amide bonds. The minimum atomic E-state index is -0.837. The standard InChI is InChI=1S/C18H19BrFNO4/c1-11(25-15-7-5-13(19)9-14(15)20)18(22)21-10-12-4-6-16(23-2)17(8-12)24-3/h4-9,11H,10H2,1-3H3,(H,21,22)/t11-/m0/s1. The van der Waals surface area contributed by atoms with Gasteiger partial charge in [0, 0.05) is 11.0 Å². The first-order chi connectivity index (χ1) is 11.9. The summed E-state index contributed by atoms with van der Waals surface area (Å²) in [5.74, 6) is 0.332. The summed E-state index contributed by atoms with van der Waals surface area (Å²) in [6.07, 6.45) is -0.837. The monoisotopic (exact) mass is 411 g/mol. The first-order valence-electron chi connectivity index (χ1n) is 7.55. The predicted octanol–water partition coefficient (Wildman–Crippen LogP) is 3.69. The molecule has 0 aliphatic heterocycles. The fourth-order valence-electron chi connectivity index (χ4n) is 2.14. The second-order valence-corrected chi connectivity index (χ2v) is 6.16. The van der Waals surface area contributed by atoms with Gasteiger partial charge in [-0.25, -0.2) is 4.39 Å². The number of rotatable bonds is 7. The van der Waals surface area contributed by atoms with Gasteiger partial charge in [0.05, 0.1) is 14.2 Å². The number of ether oxygens (including phenoxy) is 3. The van der Waals surface area contributed by atoms with E-state index in [0.717, 1.165) is 5.56 Å². The molecule has 0 aliphatic carbocycles. The van der Waals surface area contributed by atoms with Crippen molar-refractivity contribution in [1.82, 2.24) is 5.32 Å². The highest BCUT2D eigenvalue weighted by Crippen LogP contribution is 2.27. The average molecular weight is 412 g/mol. The Kier molecular flexibility index (Phi) is 6.64. The molecule has 2 aromatic rings. The lowest BCUT2D eigenvalue weighted by molar-refractivity contribution is -0.127. The van der Waals surface area contributed by atoms with Crippen LogP contribution in [0.25, 0.3) is 0 Å². The van der Waals surface area contributed by atoms with Gasteiger partial charge >= 0.3 is 0 Å². The summed E-state index contributed by atoms with van der Waals surface area (Å²) in [4.78, 5) is 12.2. The molecule has 0 aliphatic rings. The summed E-state index contributed by atoms with van der Waals surface area (Å²) < 4.78 is 30.1. The average Bonchev–Trinajstić information content (AvgIpc) is 2.61. The fourth-order valence-corrected chi connectivity index (χ4v) is 2.47. The molecule has 2 rings (SSSR count). The molecule has 0 bridgehead atoms. The SMILES string of the molecule is COc1ccc(CNC(=O)[C@H](C)Oc2ccc(Br)cc2F)cc1OC. The Morgan fingerprint density at radius 1 is 1.12 bits per heavy atom. The van der Waals surface area contributed by atoms with Gasteiger partial charge < -0.3 is 19.5 Å². The predicted molar refractivity (Wildman–Crippen MR) is 95.6 cm³/mol. The van der Waals surface area contributed by atoms with E-state index < -0.39 is 11.9 Å². The molecule has 0 unspecified atom stereocenters. The molecular formula is C18H19BrFNO4. The summed E-state index contributed by atoms with van der Waals surface area (Å²) in [6, 6.07) is 9.76. The topological polar surface area (TPSA) is 56.8 Å². The van der Waals surface area contributed by atoms with E-state index in [-0.39, 0.29) is 18.2 Å². The Morgan fingerprint density at radius 2 is 1.80 bits per heavy atom. The summed E-state index contributed by atoms with van der Waals surface area (Å²) in [7, 11) is 3.10. The lowest BCUT2D eigenvalue weighted by atomic mass is 10.2. The second-order valence-electron chi connectivity index (χ2n) is 5.24. The van der Waals surface area contributed by atoms with E-state index in [1.54, 1.807) is 39.3 Å². The molecule has 0 fully saturated rings. The van der Waals surface area contributed by atoms with Crippen molar-refractivity contribution < 1.29 is 23.4 Å². The van der Waals surface area contributed by atoms with Crippen LogP contribution in [-0.2, 0) is 11.3 Å². The maximum absolute atomic E-state index is 13.8. The van der Waals surface area contributed by atoms with E-state index in [1.165, 1.54) is 12.1 Å². The Morgan fingerprint density at radius 3 is 2.44 bits per heavy atom. The molecule has 134 valence electrons. The van der Waals surface area contributed by atoms with Gasteiger partial charge in [-0.3, -0.25) is 4.79 Å². The number of nitrogens with one attached hydrogen (secondary N) is 1. The smallest absolute Gasteiger partial charge is 0.261 e. The molecule has 2 aromatic carbocycles. The highest BCUT2D eigenvalue weighted by molar-refractivity contribution is 9.10. The van der Waals surface area contributed by atoms with Crippen molar-refractivity contribution >= 4 is 21.8 Å². The highest BCUT2D eigenvalue weighted by atomic mass is 79.9. The van der Waals surface area contributed by atoms with Crippen molar-refractivity contribution in [3.8, 4) is 17.2 Å². The van der Waals surface area contributed by atoms with E-state index in [2.05, 4.69) is 21.2 Å². The molecule has 1 N–H and O–H groups in total. The molecule has 5 nitrogen and oxygen atoms in total.